The van der Waals surface area contributed by atoms with E-state index in [1.54, 1.807) is 12.1 Å². The van der Waals surface area contributed by atoms with Crippen molar-refractivity contribution in [1.82, 2.24) is 19.9 Å². The van der Waals surface area contributed by atoms with Crippen LogP contribution in [0.3, 0.4) is 0 Å². The number of anilines is 4. The number of amides is 1. The van der Waals surface area contributed by atoms with Gasteiger partial charge in [-0.3, -0.25) is 4.79 Å². The van der Waals surface area contributed by atoms with Crippen LogP contribution in [0.25, 0.3) is 22.5 Å². The summed E-state index contributed by atoms with van der Waals surface area (Å²) in [6, 6.07) is 27.8. The van der Waals surface area contributed by atoms with Crippen molar-refractivity contribution < 1.29 is 4.79 Å². The topological polar surface area (TPSA) is 159 Å². The smallest absolute Gasteiger partial charge is 0.255 e. The summed E-state index contributed by atoms with van der Waals surface area (Å²) >= 11 is 0. The Kier molecular flexibility index (Phi) is 7.88. The number of benzene rings is 3. The molecule has 0 spiro atoms. The Morgan fingerprint density at radius 1 is 0.632 bits per heavy atom. The van der Waals surface area contributed by atoms with Gasteiger partial charge in [-0.05, 0) is 62.4 Å². The molecule has 9 heteroatoms. The molecule has 0 fully saturated rings. The van der Waals surface area contributed by atoms with E-state index in [1.807, 2.05) is 92.7 Å². The highest BCUT2D eigenvalue weighted by molar-refractivity contribution is 6.04. The van der Waals surface area contributed by atoms with Gasteiger partial charge in [-0.2, -0.15) is 0 Å². The van der Waals surface area contributed by atoms with Crippen LogP contribution in [0.2, 0.25) is 0 Å². The SMILES string of the molecule is Cc1cc(-c2cccc(N)c2)nc(N)n1.Cc1cc(-c2cccc(NC(=O)c3ccccc3)c2)nc(N)n1. The summed E-state index contributed by atoms with van der Waals surface area (Å²) in [6.07, 6.45) is 0. The van der Waals surface area contributed by atoms with Crippen molar-refractivity contribution >= 4 is 29.2 Å². The summed E-state index contributed by atoms with van der Waals surface area (Å²) in [4.78, 5) is 28.7. The van der Waals surface area contributed by atoms with Crippen LogP contribution < -0.4 is 22.5 Å². The third kappa shape index (κ3) is 6.88. The van der Waals surface area contributed by atoms with E-state index in [2.05, 4.69) is 25.3 Å². The molecule has 0 aliphatic rings. The number of nitrogen functional groups attached to an aromatic ring is 3. The fourth-order valence-corrected chi connectivity index (χ4v) is 3.73. The Hall–Kier alpha value is -5.31. The quantitative estimate of drug-likeness (QED) is 0.251. The largest absolute Gasteiger partial charge is 0.399 e. The lowest BCUT2D eigenvalue weighted by Gasteiger charge is -2.08. The Bertz CT molecular complexity index is 1530. The number of nitrogens with one attached hydrogen (secondary N) is 1. The summed E-state index contributed by atoms with van der Waals surface area (Å²) < 4.78 is 0. The zero-order valence-electron chi connectivity index (χ0n) is 21.1. The third-order valence-electron chi connectivity index (χ3n) is 5.38. The average Bonchev–Trinajstić information content (AvgIpc) is 2.89. The second-order valence-corrected chi connectivity index (χ2v) is 8.53. The fourth-order valence-electron chi connectivity index (χ4n) is 3.73. The Labute approximate surface area is 220 Å². The predicted octanol–water partition coefficient (Wildman–Crippen LogP) is 4.90. The van der Waals surface area contributed by atoms with Crippen molar-refractivity contribution in [2.75, 3.05) is 22.5 Å². The molecular weight excluding hydrogens is 476 g/mol. The van der Waals surface area contributed by atoms with Crippen LogP contribution in [0.5, 0.6) is 0 Å². The lowest BCUT2D eigenvalue weighted by molar-refractivity contribution is 0.102. The number of carbonyl (C=O) groups is 1. The van der Waals surface area contributed by atoms with Gasteiger partial charge in [0.25, 0.3) is 5.91 Å². The monoisotopic (exact) mass is 504 g/mol. The molecule has 7 N–H and O–H groups in total. The molecule has 2 heterocycles. The van der Waals surface area contributed by atoms with Gasteiger partial charge in [0.2, 0.25) is 11.9 Å². The van der Waals surface area contributed by atoms with Gasteiger partial charge in [0.1, 0.15) is 0 Å². The second-order valence-electron chi connectivity index (χ2n) is 8.53. The van der Waals surface area contributed by atoms with Crippen LogP contribution in [-0.4, -0.2) is 25.8 Å². The van der Waals surface area contributed by atoms with E-state index in [9.17, 15) is 4.79 Å². The summed E-state index contributed by atoms with van der Waals surface area (Å²) in [7, 11) is 0. The van der Waals surface area contributed by atoms with E-state index in [0.29, 0.717) is 16.9 Å². The molecule has 5 rings (SSSR count). The van der Waals surface area contributed by atoms with Crippen molar-refractivity contribution in [3.8, 4) is 22.5 Å². The number of aryl methyl sites for hydroxylation is 2. The van der Waals surface area contributed by atoms with Crippen molar-refractivity contribution in [3.63, 3.8) is 0 Å². The van der Waals surface area contributed by atoms with Gasteiger partial charge >= 0.3 is 0 Å². The molecule has 0 bridgehead atoms. The first-order valence-electron chi connectivity index (χ1n) is 11.8. The first kappa shape index (κ1) is 25.8. The van der Waals surface area contributed by atoms with Gasteiger partial charge in [-0.1, -0.05) is 42.5 Å². The molecule has 190 valence electrons. The van der Waals surface area contributed by atoms with Gasteiger partial charge in [0.05, 0.1) is 11.4 Å². The first-order chi connectivity index (χ1) is 18.3. The Morgan fingerprint density at radius 3 is 1.74 bits per heavy atom. The number of nitrogens with zero attached hydrogens (tertiary/aromatic N) is 4. The molecule has 38 heavy (non-hydrogen) atoms. The van der Waals surface area contributed by atoms with Crippen molar-refractivity contribution in [1.29, 1.82) is 0 Å². The minimum absolute atomic E-state index is 0.152. The maximum Gasteiger partial charge on any atom is 0.255 e. The number of hydrogen-bond donors (Lipinski definition) is 4. The molecule has 0 saturated carbocycles. The minimum Gasteiger partial charge on any atom is -0.399 e. The second kappa shape index (κ2) is 11.6. The molecule has 2 aromatic heterocycles. The molecule has 0 aliphatic heterocycles. The van der Waals surface area contributed by atoms with Crippen molar-refractivity contribution in [3.05, 3.63) is 108 Å². The molecule has 9 nitrogen and oxygen atoms in total. The molecule has 0 unspecified atom stereocenters. The van der Waals surface area contributed by atoms with Gasteiger partial charge in [0.15, 0.2) is 0 Å². The number of carbonyl (C=O) groups excluding carboxylic acids is 1. The van der Waals surface area contributed by atoms with E-state index in [0.717, 1.165) is 33.9 Å². The van der Waals surface area contributed by atoms with Gasteiger partial charge in [-0.15, -0.1) is 0 Å². The highest BCUT2D eigenvalue weighted by Crippen LogP contribution is 2.23. The van der Waals surface area contributed by atoms with E-state index in [1.165, 1.54) is 0 Å². The standard InChI is InChI=1S/C18H16N4O.C11H12N4/c1-12-10-16(22-18(19)20-12)14-8-5-9-15(11-14)21-17(23)13-6-3-2-4-7-13;1-7-5-10(15-11(13)14-7)8-3-2-4-9(12)6-8/h2-11H,1H3,(H,21,23)(H2,19,20,22);2-6H,12H2,1H3,(H2,13,14,15). The summed E-state index contributed by atoms with van der Waals surface area (Å²) in [6.45, 7) is 3.75. The van der Waals surface area contributed by atoms with Gasteiger partial charge < -0.3 is 22.5 Å². The highest BCUT2D eigenvalue weighted by Gasteiger charge is 2.08. The normalized spacial score (nSPS) is 10.3. The number of nitrogens with two attached hydrogens (primary N) is 3. The van der Waals surface area contributed by atoms with E-state index >= 15 is 0 Å². The molecule has 0 aliphatic carbocycles. The highest BCUT2D eigenvalue weighted by atomic mass is 16.1. The van der Waals surface area contributed by atoms with Crippen LogP contribution in [0.4, 0.5) is 23.3 Å². The summed E-state index contributed by atoms with van der Waals surface area (Å²) in [5.41, 5.74) is 24.0. The molecule has 0 atom stereocenters. The predicted molar refractivity (Wildman–Crippen MR) is 152 cm³/mol. The number of rotatable bonds is 4. The third-order valence-corrected chi connectivity index (χ3v) is 5.38. The lowest BCUT2D eigenvalue weighted by atomic mass is 10.1. The molecule has 0 saturated heterocycles. The summed E-state index contributed by atoms with van der Waals surface area (Å²) in [5, 5.41) is 2.88. The zero-order valence-corrected chi connectivity index (χ0v) is 21.1. The number of aromatic nitrogens is 4. The van der Waals surface area contributed by atoms with E-state index in [4.69, 9.17) is 17.2 Å². The molecule has 5 aromatic rings. The zero-order chi connectivity index (χ0) is 27.1. The van der Waals surface area contributed by atoms with Crippen LogP contribution in [-0.2, 0) is 0 Å². The van der Waals surface area contributed by atoms with Crippen LogP contribution in [0, 0.1) is 13.8 Å². The van der Waals surface area contributed by atoms with E-state index < -0.39 is 0 Å². The lowest BCUT2D eigenvalue weighted by Crippen LogP contribution is -2.11. The van der Waals surface area contributed by atoms with Crippen LogP contribution >= 0.6 is 0 Å². The molecule has 0 radical (unpaired) electrons. The maximum absolute atomic E-state index is 12.2. The van der Waals surface area contributed by atoms with Crippen LogP contribution in [0.1, 0.15) is 21.7 Å². The summed E-state index contributed by atoms with van der Waals surface area (Å²) in [5.74, 6) is 0.368. The molecule has 3 aromatic carbocycles. The van der Waals surface area contributed by atoms with Gasteiger partial charge in [-0.25, -0.2) is 19.9 Å². The fraction of sp³-hybridized carbons (Fsp3) is 0.0690. The van der Waals surface area contributed by atoms with Crippen molar-refractivity contribution in [2.45, 2.75) is 13.8 Å². The van der Waals surface area contributed by atoms with Gasteiger partial charge in [0, 0.05) is 39.5 Å². The minimum atomic E-state index is -0.152. The van der Waals surface area contributed by atoms with Crippen molar-refractivity contribution in [2.24, 2.45) is 0 Å². The van der Waals surface area contributed by atoms with E-state index in [-0.39, 0.29) is 17.8 Å². The Balaban J connectivity index is 0.000000194. The average molecular weight is 505 g/mol. The number of hydrogen-bond acceptors (Lipinski definition) is 8. The maximum atomic E-state index is 12.2. The Morgan fingerprint density at radius 2 is 1.18 bits per heavy atom. The molecular formula is C29H28N8O. The van der Waals surface area contributed by atoms with Crippen LogP contribution in [0.15, 0.2) is 91.0 Å². The first-order valence-corrected chi connectivity index (χ1v) is 11.8. The molecule has 1 amide bonds.